The minimum atomic E-state index is 0.532. The predicted octanol–water partition coefficient (Wildman–Crippen LogP) is 1.45. The zero-order valence-corrected chi connectivity index (χ0v) is 8.20. The molecule has 0 saturated heterocycles. The summed E-state index contributed by atoms with van der Waals surface area (Å²) in [5, 5.41) is 0. The molecule has 0 spiro atoms. The summed E-state index contributed by atoms with van der Waals surface area (Å²) in [6.07, 6.45) is 3.42. The predicted molar refractivity (Wildman–Crippen MR) is 49.1 cm³/mol. The van der Waals surface area contributed by atoms with Crippen LogP contribution in [0.2, 0.25) is 0 Å². The Morgan fingerprint density at radius 3 is 2.62 bits per heavy atom. The smallest absolute Gasteiger partial charge is 0.235 e. The Labute approximate surface area is 77.9 Å². The number of rotatable bonds is 4. The molecule has 0 atom stereocenters. The molecule has 1 heterocycles. The summed E-state index contributed by atoms with van der Waals surface area (Å²) in [6, 6.07) is 0. The fourth-order valence-corrected chi connectivity index (χ4v) is 1.07. The highest BCUT2D eigenvalue weighted by Gasteiger charge is 2.06. The molecular formula is C9H14N2O2. The van der Waals surface area contributed by atoms with E-state index in [2.05, 4.69) is 16.9 Å². The molecule has 4 heteroatoms. The minimum absolute atomic E-state index is 0.532. The number of hydrogen-bond acceptors (Lipinski definition) is 4. The summed E-state index contributed by atoms with van der Waals surface area (Å²) < 4.78 is 10.0. The van der Waals surface area contributed by atoms with Crippen molar-refractivity contribution in [2.75, 3.05) is 14.2 Å². The highest BCUT2D eigenvalue weighted by atomic mass is 16.5. The van der Waals surface area contributed by atoms with Gasteiger partial charge in [0.25, 0.3) is 0 Å². The van der Waals surface area contributed by atoms with Crippen LogP contribution in [0.4, 0.5) is 0 Å². The van der Waals surface area contributed by atoms with Gasteiger partial charge in [-0.3, -0.25) is 0 Å². The molecule has 4 nitrogen and oxygen atoms in total. The molecule has 72 valence electrons. The molecule has 0 aromatic carbocycles. The lowest BCUT2D eigenvalue weighted by atomic mass is 10.2. The summed E-state index contributed by atoms with van der Waals surface area (Å²) in [5.74, 6) is 1.12. The first kappa shape index (κ1) is 9.77. The summed E-state index contributed by atoms with van der Waals surface area (Å²) >= 11 is 0. The quantitative estimate of drug-likeness (QED) is 0.706. The van der Waals surface area contributed by atoms with Crippen LogP contribution in [0.5, 0.6) is 11.8 Å². The first-order valence-electron chi connectivity index (χ1n) is 4.25. The van der Waals surface area contributed by atoms with Crippen molar-refractivity contribution in [1.29, 1.82) is 0 Å². The third-order valence-corrected chi connectivity index (χ3v) is 1.67. The van der Waals surface area contributed by atoms with Crippen LogP contribution in [0.15, 0.2) is 6.20 Å². The summed E-state index contributed by atoms with van der Waals surface area (Å²) in [7, 11) is 3.17. The van der Waals surface area contributed by atoms with E-state index in [1.807, 2.05) is 0 Å². The molecule has 1 rings (SSSR count). The fraction of sp³-hybridized carbons (Fsp3) is 0.556. The van der Waals surface area contributed by atoms with Gasteiger partial charge < -0.3 is 9.47 Å². The standard InChI is InChI=1S/C9H14N2O2/c1-4-5-7-9(13-3)10-6-8(11-7)12-2/h6H,4-5H2,1-3H3. The Morgan fingerprint density at radius 1 is 1.31 bits per heavy atom. The van der Waals surface area contributed by atoms with Gasteiger partial charge in [0.05, 0.1) is 20.4 Å². The van der Waals surface area contributed by atoms with Gasteiger partial charge in [0, 0.05) is 0 Å². The van der Waals surface area contributed by atoms with Crippen LogP contribution in [0.3, 0.4) is 0 Å². The lowest BCUT2D eigenvalue weighted by Crippen LogP contribution is -2.00. The lowest BCUT2D eigenvalue weighted by molar-refractivity contribution is 0.368. The number of aromatic nitrogens is 2. The number of methoxy groups -OCH3 is 2. The van der Waals surface area contributed by atoms with Gasteiger partial charge in [-0.2, -0.15) is 0 Å². The number of hydrogen-bond donors (Lipinski definition) is 0. The van der Waals surface area contributed by atoms with Crippen molar-refractivity contribution in [3.05, 3.63) is 11.9 Å². The van der Waals surface area contributed by atoms with Crippen LogP contribution in [-0.4, -0.2) is 24.2 Å². The van der Waals surface area contributed by atoms with Gasteiger partial charge in [-0.15, -0.1) is 0 Å². The summed E-state index contributed by atoms with van der Waals surface area (Å²) in [4.78, 5) is 8.32. The molecule has 0 bridgehead atoms. The molecule has 13 heavy (non-hydrogen) atoms. The number of nitrogens with zero attached hydrogens (tertiary/aromatic N) is 2. The van der Waals surface area contributed by atoms with Crippen molar-refractivity contribution >= 4 is 0 Å². The SMILES string of the molecule is CCCc1nc(OC)cnc1OC. The maximum atomic E-state index is 5.07. The van der Waals surface area contributed by atoms with Crippen LogP contribution >= 0.6 is 0 Å². The second-order valence-corrected chi connectivity index (χ2v) is 2.62. The van der Waals surface area contributed by atoms with Crippen LogP contribution in [0, 0.1) is 0 Å². The van der Waals surface area contributed by atoms with Gasteiger partial charge in [0.1, 0.15) is 5.69 Å². The van der Waals surface area contributed by atoms with Gasteiger partial charge >= 0.3 is 0 Å². The Kier molecular flexibility index (Phi) is 3.49. The highest BCUT2D eigenvalue weighted by molar-refractivity contribution is 5.22. The molecule has 0 N–H and O–H groups in total. The van der Waals surface area contributed by atoms with Crippen molar-refractivity contribution in [3.8, 4) is 11.8 Å². The van der Waals surface area contributed by atoms with Crippen LogP contribution in [0.1, 0.15) is 19.0 Å². The van der Waals surface area contributed by atoms with Crippen molar-refractivity contribution in [1.82, 2.24) is 9.97 Å². The Hall–Kier alpha value is -1.32. The van der Waals surface area contributed by atoms with E-state index >= 15 is 0 Å². The third kappa shape index (κ3) is 2.31. The van der Waals surface area contributed by atoms with E-state index in [9.17, 15) is 0 Å². The molecule has 0 aliphatic carbocycles. The molecule has 1 aromatic heterocycles. The summed E-state index contributed by atoms with van der Waals surface area (Å²) in [5.41, 5.74) is 0.851. The fourth-order valence-electron chi connectivity index (χ4n) is 1.07. The van der Waals surface area contributed by atoms with Crippen molar-refractivity contribution < 1.29 is 9.47 Å². The van der Waals surface area contributed by atoms with E-state index in [0.717, 1.165) is 18.5 Å². The third-order valence-electron chi connectivity index (χ3n) is 1.67. The van der Waals surface area contributed by atoms with Crippen LogP contribution < -0.4 is 9.47 Å². The second-order valence-electron chi connectivity index (χ2n) is 2.62. The second kappa shape index (κ2) is 4.64. The lowest BCUT2D eigenvalue weighted by Gasteiger charge is -2.06. The van der Waals surface area contributed by atoms with Crippen LogP contribution in [0.25, 0.3) is 0 Å². The minimum Gasteiger partial charge on any atom is -0.480 e. The monoisotopic (exact) mass is 182 g/mol. The van der Waals surface area contributed by atoms with Gasteiger partial charge in [0.15, 0.2) is 0 Å². The van der Waals surface area contributed by atoms with E-state index in [1.165, 1.54) is 0 Å². The van der Waals surface area contributed by atoms with E-state index < -0.39 is 0 Å². The maximum Gasteiger partial charge on any atom is 0.235 e. The number of ether oxygens (including phenoxy) is 2. The van der Waals surface area contributed by atoms with Gasteiger partial charge in [-0.05, 0) is 6.42 Å². The van der Waals surface area contributed by atoms with Gasteiger partial charge in [-0.1, -0.05) is 13.3 Å². The molecule has 0 fully saturated rings. The molecule has 0 aliphatic heterocycles. The Morgan fingerprint density at radius 2 is 2.08 bits per heavy atom. The molecular weight excluding hydrogens is 168 g/mol. The molecule has 0 aliphatic rings. The van der Waals surface area contributed by atoms with Gasteiger partial charge in [-0.25, -0.2) is 9.97 Å². The zero-order chi connectivity index (χ0) is 9.68. The zero-order valence-electron chi connectivity index (χ0n) is 8.20. The average Bonchev–Trinajstić information content (AvgIpc) is 2.18. The van der Waals surface area contributed by atoms with E-state index in [4.69, 9.17) is 9.47 Å². The maximum absolute atomic E-state index is 5.07. The van der Waals surface area contributed by atoms with Crippen LogP contribution in [-0.2, 0) is 6.42 Å². The Bertz CT molecular complexity index is 276. The molecule has 0 amide bonds. The molecule has 1 aromatic rings. The normalized spacial score (nSPS) is 9.77. The van der Waals surface area contributed by atoms with E-state index in [1.54, 1.807) is 20.4 Å². The van der Waals surface area contributed by atoms with E-state index in [0.29, 0.717) is 11.8 Å². The number of aryl methyl sites for hydroxylation is 1. The van der Waals surface area contributed by atoms with Gasteiger partial charge in [0.2, 0.25) is 11.8 Å². The largest absolute Gasteiger partial charge is 0.480 e. The summed E-state index contributed by atoms with van der Waals surface area (Å²) in [6.45, 7) is 2.08. The Balaban J connectivity index is 2.95. The van der Waals surface area contributed by atoms with Crippen molar-refractivity contribution in [2.45, 2.75) is 19.8 Å². The molecule has 0 unspecified atom stereocenters. The average molecular weight is 182 g/mol. The topological polar surface area (TPSA) is 44.2 Å². The first-order chi connectivity index (χ1) is 6.31. The molecule has 0 radical (unpaired) electrons. The van der Waals surface area contributed by atoms with Crippen molar-refractivity contribution in [2.24, 2.45) is 0 Å². The highest BCUT2D eigenvalue weighted by Crippen LogP contribution is 2.17. The van der Waals surface area contributed by atoms with Crippen molar-refractivity contribution in [3.63, 3.8) is 0 Å². The van der Waals surface area contributed by atoms with E-state index in [-0.39, 0.29) is 0 Å². The molecule has 0 saturated carbocycles. The first-order valence-corrected chi connectivity index (χ1v) is 4.25.